The van der Waals surface area contributed by atoms with E-state index in [0.29, 0.717) is 12.6 Å². The van der Waals surface area contributed by atoms with Crippen molar-refractivity contribution in [3.63, 3.8) is 0 Å². The normalized spacial score (nSPS) is 22.7. The summed E-state index contributed by atoms with van der Waals surface area (Å²) in [5.41, 5.74) is 1.42. The van der Waals surface area contributed by atoms with Gasteiger partial charge in [-0.2, -0.15) is 0 Å². The van der Waals surface area contributed by atoms with Crippen molar-refractivity contribution in [1.29, 1.82) is 0 Å². The molecule has 3 rings (SSSR count). The lowest BCUT2D eigenvalue weighted by Crippen LogP contribution is -2.52. The van der Waals surface area contributed by atoms with Crippen molar-refractivity contribution in [2.75, 3.05) is 52.4 Å². The number of likely N-dealkylation sites (tertiary alicyclic amines) is 1. The maximum atomic E-state index is 11.8. The van der Waals surface area contributed by atoms with E-state index >= 15 is 0 Å². The Kier molecular flexibility index (Phi) is 6.10. The molecule has 1 aromatic rings. The molecule has 0 bridgehead atoms. The fourth-order valence-corrected chi connectivity index (χ4v) is 3.73. The average molecular weight is 331 g/mol. The molecule has 0 spiro atoms. The summed E-state index contributed by atoms with van der Waals surface area (Å²) in [5.74, 6) is 0. The van der Waals surface area contributed by atoms with Crippen LogP contribution >= 0.6 is 0 Å². The molecule has 0 unspecified atom stereocenters. The Hall–Kier alpha value is -1.59. The minimum Gasteiger partial charge on any atom is -0.450 e. The molecule has 1 amide bonds. The third kappa shape index (κ3) is 4.48. The molecule has 2 saturated heterocycles. The second kappa shape index (κ2) is 8.49. The second-order valence-corrected chi connectivity index (χ2v) is 6.70. The summed E-state index contributed by atoms with van der Waals surface area (Å²) in [5, 5.41) is 0. The van der Waals surface area contributed by atoms with Crippen LogP contribution in [0.1, 0.15) is 18.9 Å². The predicted octanol–water partition coefficient (Wildman–Crippen LogP) is 2.08. The predicted molar refractivity (Wildman–Crippen MR) is 95.2 cm³/mol. The molecule has 2 aliphatic heterocycles. The first-order valence-electron chi connectivity index (χ1n) is 9.18. The molecule has 0 saturated carbocycles. The Labute approximate surface area is 145 Å². The summed E-state index contributed by atoms with van der Waals surface area (Å²) < 4.78 is 5.09. The molecule has 1 atom stereocenters. The van der Waals surface area contributed by atoms with Gasteiger partial charge >= 0.3 is 6.09 Å². The zero-order chi connectivity index (χ0) is 16.8. The Morgan fingerprint density at radius 2 is 1.88 bits per heavy atom. The Morgan fingerprint density at radius 1 is 1.12 bits per heavy atom. The van der Waals surface area contributed by atoms with Crippen molar-refractivity contribution >= 4 is 6.09 Å². The minimum absolute atomic E-state index is 0.159. The van der Waals surface area contributed by atoms with E-state index in [0.717, 1.165) is 45.7 Å². The molecule has 0 aromatic heterocycles. The molecular weight excluding hydrogens is 302 g/mol. The summed E-state index contributed by atoms with van der Waals surface area (Å²) in [7, 11) is 0. The van der Waals surface area contributed by atoms with Crippen LogP contribution in [0.2, 0.25) is 0 Å². The molecule has 2 aliphatic rings. The third-order valence-electron chi connectivity index (χ3n) is 5.16. The first kappa shape index (κ1) is 17.2. The molecule has 24 heavy (non-hydrogen) atoms. The lowest BCUT2D eigenvalue weighted by atomic mass is 10.1. The largest absolute Gasteiger partial charge is 0.450 e. The van der Waals surface area contributed by atoms with Crippen molar-refractivity contribution < 1.29 is 9.53 Å². The number of ether oxygens (including phenoxy) is 1. The maximum absolute atomic E-state index is 11.8. The van der Waals surface area contributed by atoms with Gasteiger partial charge in [-0.3, -0.25) is 4.90 Å². The number of carbonyl (C=O) groups excluding carboxylic acids is 1. The van der Waals surface area contributed by atoms with Crippen LogP contribution < -0.4 is 0 Å². The van der Waals surface area contributed by atoms with Gasteiger partial charge in [-0.25, -0.2) is 4.79 Å². The van der Waals surface area contributed by atoms with Crippen LogP contribution in [0.15, 0.2) is 30.3 Å². The second-order valence-electron chi connectivity index (χ2n) is 6.70. The molecule has 1 aromatic carbocycles. The smallest absolute Gasteiger partial charge is 0.409 e. The SMILES string of the molecule is CCOC(=O)N1CCN([C@@H]2CCN(CCc3ccccc3)C2)CC1. The van der Waals surface area contributed by atoms with Crippen molar-refractivity contribution in [3.8, 4) is 0 Å². The fourth-order valence-electron chi connectivity index (χ4n) is 3.73. The van der Waals surface area contributed by atoms with E-state index in [1.165, 1.54) is 18.5 Å². The summed E-state index contributed by atoms with van der Waals surface area (Å²) in [6, 6.07) is 11.4. The molecular formula is C19H29N3O2. The summed E-state index contributed by atoms with van der Waals surface area (Å²) in [6.45, 7) is 9.32. The fraction of sp³-hybridized carbons (Fsp3) is 0.632. The minimum atomic E-state index is -0.159. The number of carbonyl (C=O) groups is 1. The van der Waals surface area contributed by atoms with Crippen molar-refractivity contribution in [2.45, 2.75) is 25.8 Å². The number of amides is 1. The first-order chi connectivity index (χ1) is 11.8. The van der Waals surface area contributed by atoms with Gasteiger partial charge in [0.05, 0.1) is 6.61 Å². The molecule has 132 valence electrons. The topological polar surface area (TPSA) is 36.0 Å². The summed E-state index contributed by atoms with van der Waals surface area (Å²) >= 11 is 0. The van der Waals surface area contributed by atoms with E-state index in [-0.39, 0.29) is 6.09 Å². The zero-order valence-corrected chi connectivity index (χ0v) is 14.7. The molecule has 5 nitrogen and oxygen atoms in total. The van der Waals surface area contributed by atoms with Crippen molar-refractivity contribution in [1.82, 2.24) is 14.7 Å². The van der Waals surface area contributed by atoms with Gasteiger partial charge in [0.15, 0.2) is 0 Å². The summed E-state index contributed by atoms with van der Waals surface area (Å²) in [6.07, 6.45) is 2.21. The maximum Gasteiger partial charge on any atom is 0.409 e. The van der Waals surface area contributed by atoms with E-state index in [2.05, 4.69) is 40.1 Å². The molecule has 0 N–H and O–H groups in total. The lowest BCUT2D eigenvalue weighted by Gasteiger charge is -2.37. The molecule has 5 heteroatoms. The highest BCUT2D eigenvalue weighted by Crippen LogP contribution is 2.18. The van der Waals surface area contributed by atoms with Crippen molar-refractivity contribution in [2.24, 2.45) is 0 Å². The molecule has 2 heterocycles. The summed E-state index contributed by atoms with van der Waals surface area (Å²) in [4.78, 5) is 18.7. The van der Waals surface area contributed by atoms with E-state index in [1.807, 2.05) is 11.8 Å². The van der Waals surface area contributed by atoms with Gasteiger partial charge in [-0.1, -0.05) is 30.3 Å². The number of benzene rings is 1. The quantitative estimate of drug-likeness (QED) is 0.828. The Bertz CT molecular complexity index is 515. The van der Waals surface area contributed by atoms with Crippen LogP contribution in [-0.2, 0) is 11.2 Å². The number of hydrogen-bond acceptors (Lipinski definition) is 4. The lowest BCUT2D eigenvalue weighted by molar-refractivity contribution is 0.0671. The number of piperazine rings is 1. The Balaban J connectivity index is 1.39. The standard InChI is InChI=1S/C19H29N3O2/c1-2-24-19(23)22-14-12-21(13-15-22)18-9-11-20(16-18)10-8-17-6-4-3-5-7-17/h3-7,18H,2,8-16H2,1H3/t18-/m1/s1. The first-order valence-corrected chi connectivity index (χ1v) is 9.18. The third-order valence-corrected chi connectivity index (χ3v) is 5.16. The van der Waals surface area contributed by atoms with Crippen LogP contribution in [0, 0.1) is 0 Å². The van der Waals surface area contributed by atoms with Gasteiger partial charge < -0.3 is 14.5 Å². The highest BCUT2D eigenvalue weighted by Gasteiger charge is 2.31. The van der Waals surface area contributed by atoms with E-state index < -0.39 is 0 Å². The number of nitrogens with zero attached hydrogens (tertiary/aromatic N) is 3. The highest BCUT2D eigenvalue weighted by molar-refractivity contribution is 5.67. The van der Waals surface area contributed by atoms with Crippen LogP contribution in [0.4, 0.5) is 4.79 Å². The van der Waals surface area contributed by atoms with Crippen LogP contribution in [0.3, 0.4) is 0 Å². The Morgan fingerprint density at radius 3 is 2.58 bits per heavy atom. The van der Waals surface area contributed by atoms with Gasteiger partial charge in [0, 0.05) is 45.3 Å². The van der Waals surface area contributed by atoms with Crippen LogP contribution in [0.25, 0.3) is 0 Å². The highest BCUT2D eigenvalue weighted by atomic mass is 16.6. The molecule has 0 aliphatic carbocycles. The van der Waals surface area contributed by atoms with Crippen LogP contribution in [0.5, 0.6) is 0 Å². The zero-order valence-electron chi connectivity index (χ0n) is 14.7. The van der Waals surface area contributed by atoms with Crippen molar-refractivity contribution in [3.05, 3.63) is 35.9 Å². The average Bonchev–Trinajstić information content (AvgIpc) is 3.10. The van der Waals surface area contributed by atoms with E-state index in [1.54, 1.807) is 0 Å². The monoisotopic (exact) mass is 331 g/mol. The number of rotatable bonds is 5. The van der Waals surface area contributed by atoms with E-state index in [4.69, 9.17) is 4.74 Å². The van der Waals surface area contributed by atoms with Gasteiger partial charge in [-0.15, -0.1) is 0 Å². The molecule has 0 radical (unpaired) electrons. The van der Waals surface area contributed by atoms with Gasteiger partial charge in [-0.05, 0) is 31.9 Å². The van der Waals surface area contributed by atoms with Gasteiger partial charge in [0.1, 0.15) is 0 Å². The van der Waals surface area contributed by atoms with E-state index in [9.17, 15) is 4.79 Å². The van der Waals surface area contributed by atoms with Gasteiger partial charge in [0.2, 0.25) is 0 Å². The van der Waals surface area contributed by atoms with Gasteiger partial charge in [0.25, 0.3) is 0 Å². The number of hydrogen-bond donors (Lipinski definition) is 0. The molecule has 2 fully saturated rings. The van der Waals surface area contributed by atoms with Crippen LogP contribution in [-0.4, -0.2) is 79.3 Å².